The van der Waals surface area contributed by atoms with E-state index in [1.807, 2.05) is 0 Å². The van der Waals surface area contributed by atoms with Crippen LogP contribution in [-0.4, -0.2) is 25.3 Å². The maximum atomic E-state index is 14.0. The molecule has 5 nitrogen and oxygen atoms in total. The molecule has 0 spiro atoms. The van der Waals surface area contributed by atoms with E-state index in [9.17, 15) is 17.6 Å². The van der Waals surface area contributed by atoms with Crippen LogP contribution in [0.25, 0.3) is 0 Å². The third-order valence-electron chi connectivity index (χ3n) is 4.98. The monoisotopic (exact) mass is 424 g/mol. The predicted octanol–water partition coefficient (Wildman–Crippen LogP) is 4.43. The van der Waals surface area contributed by atoms with Crippen molar-refractivity contribution in [2.45, 2.75) is 30.3 Å². The van der Waals surface area contributed by atoms with Crippen molar-refractivity contribution in [2.75, 3.05) is 4.72 Å². The van der Waals surface area contributed by atoms with Crippen LogP contribution >= 0.6 is 0 Å². The summed E-state index contributed by atoms with van der Waals surface area (Å²) in [5.74, 6) is -0.528. The smallest absolute Gasteiger partial charge is 0.261 e. The van der Waals surface area contributed by atoms with Crippen molar-refractivity contribution in [3.8, 4) is 0 Å². The van der Waals surface area contributed by atoms with Crippen LogP contribution in [0.3, 0.4) is 0 Å². The van der Waals surface area contributed by atoms with E-state index in [1.54, 1.807) is 65.6 Å². The largest absolute Gasteiger partial charge is 0.331 e. The summed E-state index contributed by atoms with van der Waals surface area (Å²) in [5, 5.41) is 0. The molecule has 1 amide bonds. The molecule has 3 aromatic carbocycles. The number of hydrogen-bond acceptors (Lipinski definition) is 3. The van der Waals surface area contributed by atoms with Crippen LogP contribution in [0.15, 0.2) is 83.8 Å². The summed E-state index contributed by atoms with van der Waals surface area (Å²) in [5.41, 5.74) is 1.27. The molecular weight excluding hydrogens is 403 g/mol. The fourth-order valence-corrected chi connectivity index (χ4v) is 4.30. The molecule has 0 heterocycles. The van der Waals surface area contributed by atoms with Crippen LogP contribution in [0.1, 0.15) is 28.8 Å². The first-order valence-electron chi connectivity index (χ1n) is 9.66. The zero-order valence-corrected chi connectivity index (χ0v) is 17.0. The van der Waals surface area contributed by atoms with Gasteiger partial charge in [-0.3, -0.25) is 9.52 Å². The number of anilines is 1. The van der Waals surface area contributed by atoms with Crippen molar-refractivity contribution in [1.82, 2.24) is 4.90 Å². The summed E-state index contributed by atoms with van der Waals surface area (Å²) in [6.07, 6.45) is 1.80. The van der Waals surface area contributed by atoms with Gasteiger partial charge in [-0.25, -0.2) is 12.8 Å². The Hall–Kier alpha value is -3.19. The minimum Gasteiger partial charge on any atom is -0.331 e. The van der Waals surface area contributed by atoms with Crippen LogP contribution in [-0.2, 0) is 16.6 Å². The van der Waals surface area contributed by atoms with Crippen molar-refractivity contribution >= 4 is 21.6 Å². The lowest BCUT2D eigenvalue weighted by Gasteiger charge is -2.23. The average Bonchev–Trinajstić information content (AvgIpc) is 3.59. The molecule has 1 aliphatic carbocycles. The SMILES string of the molecule is O=C(c1ccc(NS(=O)(=O)c2ccccc2)cc1)N(Cc1ccccc1F)C1CC1. The Balaban J connectivity index is 1.50. The molecule has 1 saturated carbocycles. The Bertz CT molecular complexity index is 1140. The highest BCUT2D eigenvalue weighted by molar-refractivity contribution is 7.92. The van der Waals surface area contributed by atoms with Gasteiger partial charge in [-0.1, -0.05) is 36.4 Å². The molecule has 3 aromatic rings. The van der Waals surface area contributed by atoms with Crippen molar-refractivity contribution in [2.24, 2.45) is 0 Å². The first kappa shape index (κ1) is 20.1. The fraction of sp³-hybridized carbons (Fsp3) is 0.174. The van der Waals surface area contributed by atoms with E-state index in [0.717, 1.165) is 12.8 Å². The lowest BCUT2D eigenvalue weighted by Crippen LogP contribution is -2.32. The lowest BCUT2D eigenvalue weighted by atomic mass is 10.1. The average molecular weight is 424 g/mol. The Morgan fingerprint density at radius 3 is 2.20 bits per heavy atom. The quantitative estimate of drug-likeness (QED) is 0.610. The van der Waals surface area contributed by atoms with Gasteiger partial charge in [0.1, 0.15) is 5.82 Å². The minimum absolute atomic E-state index is 0.105. The van der Waals surface area contributed by atoms with E-state index in [1.165, 1.54) is 18.2 Å². The molecule has 1 aliphatic rings. The topological polar surface area (TPSA) is 66.5 Å². The van der Waals surface area contributed by atoms with Gasteiger partial charge in [0.05, 0.1) is 4.90 Å². The zero-order chi connectivity index (χ0) is 21.1. The summed E-state index contributed by atoms with van der Waals surface area (Å²) in [7, 11) is -3.70. The van der Waals surface area contributed by atoms with E-state index in [0.29, 0.717) is 16.8 Å². The molecule has 4 rings (SSSR count). The maximum absolute atomic E-state index is 14.0. The summed E-state index contributed by atoms with van der Waals surface area (Å²) >= 11 is 0. The lowest BCUT2D eigenvalue weighted by molar-refractivity contribution is 0.0728. The molecule has 0 aliphatic heterocycles. The summed E-state index contributed by atoms with van der Waals surface area (Å²) in [6.45, 7) is 0.207. The third kappa shape index (κ3) is 4.52. The van der Waals surface area contributed by atoms with Crippen molar-refractivity contribution in [3.05, 3.63) is 95.8 Å². The number of rotatable bonds is 7. The Morgan fingerprint density at radius 1 is 0.933 bits per heavy atom. The van der Waals surface area contributed by atoms with Crippen molar-refractivity contribution in [3.63, 3.8) is 0 Å². The summed E-state index contributed by atoms with van der Waals surface area (Å²) in [4.78, 5) is 14.9. The van der Waals surface area contributed by atoms with Crippen LogP contribution < -0.4 is 4.72 Å². The second kappa shape index (κ2) is 8.28. The van der Waals surface area contributed by atoms with Gasteiger partial charge in [0, 0.05) is 29.4 Å². The van der Waals surface area contributed by atoms with Crippen LogP contribution in [0, 0.1) is 5.82 Å². The van der Waals surface area contributed by atoms with E-state index in [4.69, 9.17) is 0 Å². The molecule has 0 saturated heterocycles. The van der Waals surface area contributed by atoms with Gasteiger partial charge in [0.25, 0.3) is 15.9 Å². The molecular formula is C23H21FN2O3S. The Labute approximate surface area is 175 Å². The second-order valence-corrected chi connectivity index (χ2v) is 8.93. The van der Waals surface area contributed by atoms with Gasteiger partial charge >= 0.3 is 0 Å². The summed E-state index contributed by atoms with van der Waals surface area (Å²) in [6, 6.07) is 20.9. The third-order valence-corrected chi connectivity index (χ3v) is 6.38. The van der Waals surface area contributed by atoms with E-state index >= 15 is 0 Å². The zero-order valence-electron chi connectivity index (χ0n) is 16.2. The molecule has 0 atom stereocenters. The molecule has 0 aromatic heterocycles. The number of amides is 1. The maximum Gasteiger partial charge on any atom is 0.261 e. The highest BCUT2D eigenvalue weighted by Crippen LogP contribution is 2.30. The van der Waals surface area contributed by atoms with E-state index in [-0.39, 0.29) is 29.2 Å². The number of benzene rings is 3. The second-order valence-electron chi connectivity index (χ2n) is 7.25. The standard InChI is InChI=1S/C23H21FN2O3S/c24-22-9-5-4-6-18(22)16-26(20-14-15-20)23(27)17-10-12-19(13-11-17)25-30(28,29)21-7-2-1-3-8-21/h1-13,20,25H,14-16H2. The van der Waals surface area contributed by atoms with Gasteiger partial charge in [0.15, 0.2) is 0 Å². The first-order chi connectivity index (χ1) is 14.4. The number of sulfonamides is 1. The Kier molecular flexibility index (Phi) is 5.55. The number of nitrogens with zero attached hydrogens (tertiary/aromatic N) is 1. The van der Waals surface area contributed by atoms with Gasteiger partial charge < -0.3 is 4.90 Å². The van der Waals surface area contributed by atoms with Crippen molar-refractivity contribution < 1.29 is 17.6 Å². The first-order valence-corrected chi connectivity index (χ1v) is 11.1. The van der Waals surface area contributed by atoms with Crippen molar-refractivity contribution in [1.29, 1.82) is 0 Å². The minimum atomic E-state index is -3.70. The highest BCUT2D eigenvalue weighted by atomic mass is 32.2. The molecule has 0 bridgehead atoms. The number of carbonyl (C=O) groups excluding carboxylic acids is 1. The highest BCUT2D eigenvalue weighted by Gasteiger charge is 2.33. The van der Waals surface area contributed by atoms with E-state index in [2.05, 4.69) is 4.72 Å². The normalized spacial score (nSPS) is 13.6. The molecule has 30 heavy (non-hydrogen) atoms. The van der Waals surface area contributed by atoms with Gasteiger partial charge in [-0.15, -0.1) is 0 Å². The molecule has 0 radical (unpaired) electrons. The van der Waals surface area contributed by atoms with Gasteiger partial charge in [-0.2, -0.15) is 0 Å². The number of carbonyl (C=O) groups is 1. The predicted molar refractivity (Wildman–Crippen MR) is 113 cm³/mol. The molecule has 1 N–H and O–H groups in total. The van der Waals surface area contributed by atoms with Crippen LogP contribution in [0.2, 0.25) is 0 Å². The molecule has 0 unspecified atom stereocenters. The number of halogens is 1. The van der Waals surface area contributed by atoms with Crippen LogP contribution in [0.4, 0.5) is 10.1 Å². The molecule has 7 heteroatoms. The Morgan fingerprint density at radius 2 is 1.57 bits per heavy atom. The molecule has 1 fully saturated rings. The number of nitrogens with one attached hydrogen (secondary N) is 1. The van der Waals surface area contributed by atoms with Crippen LogP contribution in [0.5, 0.6) is 0 Å². The van der Waals surface area contributed by atoms with Gasteiger partial charge in [-0.05, 0) is 55.3 Å². The summed E-state index contributed by atoms with van der Waals surface area (Å²) < 4.78 is 41.4. The van der Waals surface area contributed by atoms with E-state index < -0.39 is 10.0 Å². The van der Waals surface area contributed by atoms with Gasteiger partial charge in [0.2, 0.25) is 0 Å². The molecule has 154 valence electrons. The number of hydrogen-bond donors (Lipinski definition) is 1. The fourth-order valence-electron chi connectivity index (χ4n) is 3.22.